The molecule has 0 spiro atoms. The zero-order valence-electron chi connectivity index (χ0n) is 15.2. The Hall–Kier alpha value is -3.23. The second-order valence-corrected chi connectivity index (χ2v) is 6.90. The maximum absolute atomic E-state index is 12.3. The minimum atomic E-state index is -1.63. The third kappa shape index (κ3) is 5.40. The van der Waals surface area contributed by atoms with Crippen LogP contribution in [0.2, 0.25) is 5.02 Å². The molecule has 0 unspecified atom stereocenters. The van der Waals surface area contributed by atoms with Crippen molar-refractivity contribution >= 4 is 23.5 Å². The zero-order chi connectivity index (χ0) is 20.8. The number of hydrogen-bond donors (Lipinski definition) is 4. The lowest BCUT2D eigenvalue weighted by Gasteiger charge is -2.20. The molecular formula is C20H19ClN4O4. The van der Waals surface area contributed by atoms with E-state index in [9.17, 15) is 14.7 Å². The van der Waals surface area contributed by atoms with E-state index in [1.165, 1.54) is 6.20 Å². The van der Waals surface area contributed by atoms with Crippen LogP contribution in [0.5, 0.6) is 0 Å². The minimum absolute atomic E-state index is 0.0605. The van der Waals surface area contributed by atoms with E-state index < -0.39 is 24.0 Å². The Morgan fingerprint density at radius 3 is 2.52 bits per heavy atom. The number of carbonyl (C=O) groups is 2. The quantitative estimate of drug-likeness (QED) is 0.447. The van der Waals surface area contributed by atoms with E-state index in [2.05, 4.69) is 20.7 Å². The maximum Gasteiger partial charge on any atom is 0.332 e. The van der Waals surface area contributed by atoms with Crippen molar-refractivity contribution in [3.63, 3.8) is 0 Å². The molecular weight excluding hydrogens is 396 g/mol. The third-order valence-electron chi connectivity index (χ3n) is 4.40. The predicted octanol–water partition coefficient (Wildman–Crippen LogP) is 2.30. The van der Waals surface area contributed by atoms with E-state index in [1.807, 2.05) is 48.5 Å². The van der Waals surface area contributed by atoms with Gasteiger partial charge in [0.05, 0.1) is 6.20 Å². The number of benzene rings is 2. The molecule has 0 saturated carbocycles. The van der Waals surface area contributed by atoms with Crippen LogP contribution in [-0.2, 0) is 11.2 Å². The van der Waals surface area contributed by atoms with Crippen molar-refractivity contribution in [3.05, 3.63) is 71.0 Å². The first kappa shape index (κ1) is 20.5. The standard InChI is InChI=1S/C20H19ClN4O4/c21-16-9-13(12-4-2-1-3-5-12)6-7-14(16)8-15(10-18(26)20(28)29)23-19(27)17-11-22-25-24-17/h1-7,9,11,15,18,26H,8,10H2,(H,23,27)(H,28,29)(H,22,24,25)/t15-,18-/m1/s1. The van der Waals surface area contributed by atoms with Crippen molar-refractivity contribution in [2.75, 3.05) is 0 Å². The number of halogens is 1. The molecule has 2 aromatic carbocycles. The summed E-state index contributed by atoms with van der Waals surface area (Å²) in [6, 6.07) is 14.6. The second kappa shape index (κ2) is 9.31. The van der Waals surface area contributed by atoms with Crippen LogP contribution in [0.25, 0.3) is 11.1 Å². The SMILES string of the molecule is O=C(N[C@H](Cc1ccc(-c2ccccc2)cc1Cl)C[C@@H](O)C(=O)O)c1c[nH]nn1. The summed E-state index contributed by atoms with van der Waals surface area (Å²) >= 11 is 6.44. The lowest BCUT2D eigenvalue weighted by Crippen LogP contribution is -2.40. The Morgan fingerprint density at radius 2 is 1.90 bits per heavy atom. The summed E-state index contributed by atoms with van der Waals surface area (Å²) in [6.07, 6.45) is -0.251. The van der Waals surface area contributed by atoms with Crippen LogP contribution >= 0.6 is 11.6 Å². The number of aliphatic hydroxyl groups excluding tert-OH is 1. The molecule has 150 valence electrons. The fraction of sp³-hybridized carbons (Fsp3) is 0.200. The van der Waals surface area contributed by atoms with E-state index in [1.54, 1.807) is 0 Å². The van der Waals surface area contributed by atoms with Crippen LogP contribution in [-0.4, -0.2) is 49.6 Å². The summed E-state index contributed by atoms with van der Waals surface area (Å²) in [6.45, 7) is 0. The molecule has 0 radical (unpaired) electrons. The molecule has 0 saturated heterocycles. The molecule has 3 aromatic rings. The molecule has 0 bridgehead atoms. The Balaban J connectivity index is 1.79. The molecule has 3 rings (SSSR count). The highest BCUT2D eigenvalue weighted by Crippen LogP contribution is 2.27. The molecule has 1 aromatic heterocycles. The van der Waals surface area contributed by atoms with Gasteiger partial charge in [-0.05, 0) is 29.2 Å². The number of hydrogen-bond acceptors (Lipinski definition) is 5. The largest absolute Gasteiger partial charge is 0.479 e. The van der Waals surface area contributed by atoms with Crippen LogP contribution in [0.4, 0.5) is 0 Å². The molecule has 29 heavy (non-hydrogen) atoms. The molecule has 4 N–H and O–H groups in total. The van der Waals surface area contributed by atoms with Crippen molar-refractivity contribution < 1.29 is 19.8 Å². The van der Waals surface area contributed by atoms with Crippen LogP contribution in [0.1, 0.15) is 22.5 Å². The van der Waals surface area contributed by atoms with Gasteiger partial charge in [-0.2, -0.15) is 0 Å². The number of H-pyrrole nitrogens is 1. The van der Waals surface area contributed by atoms with Gasteiger partial charge >= 0.3 is 5.97 Å². The number of aromatic nitrogens is 3. The van der Waals surface area contributed by atoms with Crippen LogP contribution in [0, 0.1) is 0 Å². The maximum atomic E-state index is 12.3. The summed E-state index contributed by atoms with van der Waals surface area (Å²) in [5.74, 6) is -1.89. The summed E-state index contributed by atoms with van der Waals surface area (Å²) in [7, 11) is 0. The molecule has 8 nitrogen and oxygen atoms in total. The van der Waals surface area contributed by atoms with Crippen LogP contribution in [0.15, 0.2) is 54.7 Å². The number of carboxylic acids is 1. The van der Waals surface area contributed by atoms with Gasteiger partial charge in [-0.25, -0.2) is 4.79 Å². The summed E-state index contributed by atoms with van der Waals surface area (Å²) in [4.78, 5) is 23.3. The minimum Gasteiger partial charge on any atom is -0.479 e. The fourth-order valence-electron chi connectivity index (χ4n) is 2.92. The highest BCUT2D eigenvalue weighted by molar-refractivity contribution is 6.31. The highest BCUT2D eigenvalue weighted by atomic mass is 35.5. The van der Waals surface area contributed by atoms with Crippen molar-refractivity contribution in [1.29, 1.82) is 0 Å². The number of nitrogens with zero attached hydrogens (tertiary/aromatic N) is 2. The Bertz CT molecular complexity index is 979. The Labute approximate surface area is 171 Å². The fourth-order valence-corrected chi connectivity index (χ4v) is 3.18. The number of nitrogens with one attached hydrogen (secondary N) is 2. The van der Waals surface area contributed by atoms with E-state index in [0.717, 1.165) is 16.7 Å². The van der Waals surface area contributed by atoms with Gasteiger partial charge in [-0.15, -0.1) is 5.10 Å². The molecule has 0 aliphatic carbocycles. The molecule has 1 heterocycles. The summed E-state index contributed by atoms with van der Waals surface area (Å²) in [5, 5.41) is 31.5. The van der Waals surface area contributed by atoms with Gasteiger partial charge in [0.2, 0.25) is 0 Å². The molecule has 2 atom stereocenters. The van der Waals surface area contributed by atoms with Crippen LogP contribution < -0.4 is 5.32 Å². The Kier molecular flexibility index (Phi) is 6.58. The van der Waals surface area contributed by atoms with Crippen molar-refractivity contribution in [2.24, 2.45) is 0 Å². The molecule has 1 amide bonds. The molecule has 0 aliphatic heterocycles. The molecule has 0 aliphatic rings. The number of rotatable bonds is 8. The normalized spacial score (nSPS) is 12.9. The summed E-state index contributed by atoms with van der Waals surface area (Å²) < 4.78 is 0. The molecule has 0 fully saturated rings. The van der Waals surface area contributed by atoms with Crippen molar-refractivity contribution in [2.45, 2.75) is 25.0 Å². The van der Waals surface area contributed by atoms with E-state index in [-0.39, 0.29) is 18.5 Å². The van der Waals surface area contributed by atoms with E-state index >= 15 is 0 Å². The highest BCUT2D eigenvalue weighted by Gasteiger charge is 2.24. The van der Waals surface area contributed by atoms with Gasteiger partial charge in [-0.1, -0.05) is 59.3 Å². The zero-order valence-corrected chi connectivity index (χ0v) is 16.0. The number of aliphatic hydroxyl groups is 1. The lowest BCUT2D eigenvalue weighted by atomic mass is 9.97. The van der Waals surface area contributed by atoms with Gasteiger partial charge in [0.1, 0.15) is 0 Å². The van der Waals surface area contributed by atoms with Gasteiger partial charge in [0.25, 0.3) is 5.91 Å². The average molecular weight is 415 g/mol. The van der Waals surface area contributed by atoms with E-state index in [4.69, 9.17) is 16.7 Å². The first-order valence-electron chi connectivity index (χ1n) is 8.86. The summed E-state index contributed by atoms with van der Waals surface area (Å²) in [5.41, 5.74) is 2.73. The Morgan fingerprint density at radius 1 is 1.14 bits per heavy atom. The van der Waals surface area contributed by atoms with Crippen LogP contribution in [0.3, 0.4) is 0 Å². The van der Waals surface area contributed by atoms with Gasteiger partial charge in [-0.3, -0.25) is 9.89 Å². The number of aliphatic carboxylic acids is 1. The monoisotopic (exact) mass is 414 g/mol. The number of carbonyl (C=O) groups excluding carboxylic acids is 1. The van der Waals surface area contributed by atoms with E-state index in [0.29, 0.717) is 5.02 Å². The molecule has 9 heteroatoms. The van der Waals surface area contributed by atoms with Gasteiger partial charge in [0, 0.05) is 17.5 Å². The smallest absolute Gasteiger partial charge is 0.332 e. The first-order valence-corrected chi connectivity index (χ1v) is 9.24. The number of aromatic amines is 1. The van der Waals surface area contributed by atoms with Crippen molar-refractivity contribution in [3.8, 4) is 11.1 Å². The van der Waals surface area contributed by atoms with Gasteiger partial charge in [0.15, 0.2) is 11.8 Å². The number of amides is 1. The predicted molar refractivity (Wildman–Crippen MR) is 106 cm³/mol. The average Bonchev–Trinajstić information content (AvgIpc) is 3.25. The topological polar surface area (TPSA) is 128 Å². The third-order valence-corrected chi connectivity index (χ3v) is 4.76. The van der Waals surface area contributed by atoms with Gasteiger partial charge < -0.3 is 15.5 Å². The van der Waals surface area contributed by atoms with Crippen molar-refractivity contribution in [1.82, 2.24) is 20.7 Å². The number of carboxylic acid groups (broad SMARTS) is 1. The second-order valence-electron chi connectivity index (χ2n) is 6.50. The lowest BCUT2D eigenvalue weighted by molar-refractivity contribution is -0.147. The first-order chi connectivity index (χ1) is 13.9.